The Balaban J connectivity index is 1.57. The van der Waals surface area contributed by atoms with Crippen LogP contribution in [0.3, 0.4) is 0 Å². The Morgan fingerprint density at radius 3 is 2.82 bits per heavy atom. The van der Waals surface area contributed by atoms with E-state index >= 15 is 0 Å². The van der Waals surface area contributed by atoms with E-state index in [1.54, 1.807) is 17.8 Å². The highest BCUT2D eigenvalue weighted by Crippen LogP contribution is 2.23. The van der Waals surface area contributed by atoms with Crippen LogP contribution in [0.15, 0.2) is 47.2 Å². The van der Waals surface area contributed by atoms with Crippen molar-refractivity contribution in [2.75, 3.05) is 0 Å². The number of carbonyl (C=O) groups excluding carboxylic acids is 1. The van der Waals surface area contributed by atoms with Crippen molar-refractivity contribution >= 4 is 33.1 Å². The average molecular weight is 440 g/mol. The molecule has 7 nitrogen and oxygen atoms in total. The lowest BCUT2D eigenvalue weighted by molar-refractivity contribution is 0.0321. The fraction of sp³-hybridized carbons (Fsp3) is 0.200. The van der Waals surface area contributed by atoms with Crippen LogP contribution in [0.4, 0.5) is 0 Å². The number of hydrogen-bond acceptors (Lipinski definition) is 5. The zero-order chi connectivity index (χ0) is 19.8. The lowest BCUT2D eigenvalue weighted by atomic mass is 10.2. The lowest BCUT2D eigenvalue weighted by Crippen LogP contribution is -2.11. The number of benzene rings is 1. The number of esters is 1. The molecule has 0 aliphatic heterocycles. The number of halogens is 1. The van der Waals surface area contributed by atoms with E-state index in [0.29, 0.717) is 17.0 Å². The first kappa shape index (κ1) is 18.4. The number of aryl methyl sites for hydroxylation is 1. The number of aromatic amines is 1. The first-order chi connectivity index (χ1) is 13.4. The van der Waals surface area contributed by atoms with Gasteiger partial charge in [0.1, 0.15) is 11.4 Å². The minimum Gasteiger partial charge on any atom is -0.451 e. The van der Waals surface area contributed by atoms with Gasteiger partial charge < -0.3 is 9.72 Å². The van der Waals surface area contributed by atoms with Gasteiger partial charge in [0, 0.05) is 10.7 Å². The lowest BCUT2D eigenvalue weighted by Gasteiger charge is -2.11. The normalized spacial score (nSPS) is 12.3. The topological polar surface area (TPSA) is 85.7 Å². The molecular weight excluding hydrogens is 422 g/mol. The Kier molecular flexibility index (Phi) is 4.72. The maximum absolute atomic E-state index is 12.7. The van der Waals surface area contributed by atoms with Gasteiger partial charge >= 0.3 is 5.97 Å². The zero-order valence-electron chi connectivity index (χ0n) is 15.6. The molecule has 0 fully saturated rings. The molecule has 0 saturated carbocycles. The maximum Gasteiger partial charge on any atom is 0.342 e. The number of hydrogen-bond donors (Lipinski definition) is 1. The summed E-state index contributed by atoms with van der Waals surface area (Å²) in [4.78, 5) is 24.5. The van der Waals surface area contributed by atoms with E-state index in [1.807, 2.05) is 44.2 Å². The molecule has 0 radical (unpaired) electrons. The molecule has 4 aromatic rings. The van der Waals surface area contributed by atoms with Crippen LogP contribution < -0.4 is 0 Å². The molecule has 0 amide bonds. The van der Waals surface area contributed by atoms with Crippen molar-refractivity contribution < 1.29 is 9.53 Å². The summed E-state index contributed by atoms with van der Waals surface area (Å²) in [5.74, 6) is 0.0947. The number of H-pyrrole nitrogens is 1. The third-order valence-electron chi connectivity index (χ3n) is 4.56. The van der Waals surface area contributed by atoms with Crippen LogP contribution in [0, 0.1) is 13.8 Å². The summed E-state index contributed by atoms with van der Waals surface area (Å²) >= 11 is 3.38. The highest BCUT2D eigenvalue weighted by atomic mass is 79.9. The van der Waals surface area contributed by atoms with Gasteiger partial charge in [-0.3, -0.25) is 0 Å². The molecule has 4 rings (SSSR count). The Morgan fingerprint density at radius 1 is 1.25 bits per heavy atom. The molecule has 1 atom stereocenters. The molecule has 0 saturated heterocycles. The molecule has 0 bridgehead atoms. The molecule has 1 aromatic carbocycles. The summed E-state index contributed by atoms with van der Waals surface area (Å²) in [5.41, 5.74) is 4.50. The van der Waals surface area contributed by atoms with Gasteiger partial charge in [0.15, 0.2) is 11.8 Å². The molecule has 0 spiro atoms. The minimum absolute atomic E-state index is 0.423. The molecule has 1 N–H and O–H groups in total. The van der Waals surface area contributed by atoms with Crippen molar-refractivity contribution in [3.8, 4) is 5.69 Å². The van der Waals surface area contributed by atoms with Crippen molar-refractivity contribution in [2.24, 2.45) is 0 Å². The average Bonchev–Trinajstić information content (AvgIpc) is 3.25. The molecule has 0 aliphatic carbocycles. The van der Waals surface area contributed by atoms with Gasteiger partial charge in [-0.2, -0.15) is 5.10 Å². The number of rotatable bonds is 4. The monoisotopic (exact) mass is 439 g/mol. The second-order valence-corrected chi connectivity index (χ2v) is 7.45. The van der Waals surface area contributed by atoms with Crippen molar-refractivity contribution in [1.82, 2.24) is 24.7 Å². The summed E-state index contributed by atoms with van der Waals surface area (Å²) in [7, 11) is 0. The number of aromatic nitrogens is 5. The number of para-hydroxylation sites is 1. The van der Waals surface area contributed by atoms with E-state index in [4.69, 9.17) is 4.74 Å². The van der Waals surface area contributed by atoms with E-state index < -0.39 is 12.1 Å². The smallest absolute Gasteiger partial charge is 0.342 e. The highest BCUT2D eigenvalue weighted by Gasteiger charge is 2.22. The number of carbonyl (C=O) groups is 1. The molecule has 0 unspecified atom stereocenters. The maximum atomic E-state index is 12.7. The number of nitrogens with zero attached hydrogens (tertiary/aromatic N) is 4. The Morgan fingerprint density at radius 2 is 2.04 bits per heavy atom. The Hall–Kier alpha value is -3.00. The number of ether oxygens (including phenoxy) is 1. The van der Waals surface area contributed by atoms with Crippen LogP contribution >= 0.6 is 15.9 Å². The van der Waals surface area contributed by atoms with Crippen LogP contribution in [-0.2, 0) is 4.74 Å². The van der Waals surface area contributed by atoms with Gasteiger partial charge in [0.05, 0.1) is 23.1 Å². The van der Waals surface area contributed by atoms with Crippen LogP contribution in [0.5, 0.6) is 0 Å². The van der Waals surface area contributed by atoms with E-state index in [0.717, 1.165) is 26.9 Å². The summed E-state index contributed by atoms with van der Waals surface area (Å²) in [6.07, 6.45) is 2.66. The van der Waals surface area contributed by atoms with Crippen LogP contribution in [0.2, 0.25) is 0 Å². The van der Waals surface area contributed by atoms with Crippen LogP contribution in [-0.4, -0.2) is 30.7 Å². The third kappa shape index (κ3) is 3.31. The van der Waals surface area contributed by atoms with Crippen LogP contribution in [0.1, 0.15) is 40.5 Å². The first-order valence-electron chi connectivity index (χ1n) is 8.77. The van der Waals surface area contributed by atoms with E-state index in [1.165, 1.54) is 6.20 Å². The molecule has 3 heterocycles. The predicted octanol–water partition coefficient (Wildman–Crippen LogP) is 4.44. The van der Waals surface area contributed by atoms with Crippen LogP contribution in [0.25, 0.3) is 16.9 Å². The summed E-state index contributed by atoms with van der Waals surface area (Å²) in [6, 6.07) is 9.76. The van der Waals surface area contributed by atoms with Crippen molar-refractivity contribution in [3.63, 3.8) is 0 Å². The molecular formula is C20H18BrN5O2. The summed E-state index contributed by atoms with van der Waals surface area (Å²) in [6.45, 7) is 5.62. The number of pyridine rings is 1. The van der Waals surface area contributed by atoms with Gasteiger partial charge in [0.2, 0.25) is 0 Å². The van der Waals surface area contributed by atoms with E-state index in [9.17, 15) is 4.79 Å². The first-order valence-corrected chi connectivity index (χ1v) is 9.56. The zero-order valence-corrected chi connectivity index (χ0v) is 17.2. The van der Waals surface area contributed by atoms with Gasteiger partial charge in [-0.15, -0.1) is 0 Å². The second kappa shape index (κ2) is 7.20. The minimum atomic E-state index is -0.554. The molecule has 3 aromatic heterocycles. The predicted molar refractivity (Wildman–Crippen MR) is 108 cm³/mol. The van der Waals surface area contributed by atoms with Gasteiger partial charge in [-0.25, -0.2) is 19.4 Å². The standard InChI is InChI=1S/C20H18BrN5O2/c1-11-6-4-5-7-17(11)26-12(2)15(10-23-26)20(27)28-13(3)18-24-16-8-14(21)9-22-19(16)25-18/h4-10,13H,1-3H3,(H,22,24,25)/t13-/m0/s1. The van der Waals surface area contributed by atoms with Crippen molar-refractivity contribution in [3.05, 3.63) is 69.8 Å². The molecule has 142 valence electrons. The molecule has 8 heteroatoms. The van der Waals surface area contributed by atoms with Crippen molar-refractivity contribution in [1.29, 1.82) is 0 Å². The fourth-order valence-electron chi connectivity index (χ4n) is 3.02. The van der Waals surface area contributed by atoms with Crippen molar-refractivity contribution in [2.45, 2.75) is 26.9 Å². The third-order valence-corrected chi connectivity index (χ3v) is 5.00. The van der Waals surface area contributed by atoms with E-state index in [2.05, 4.69) is 36.0 Å². The van der Waals surface area contributed by atoms with E-state index in [-0.39, 0.29) is 0 Å². The SMILES string of the molecule is Cc1ccccc1-n1ncc(C(=O)O[C@@H](C)c2nc3ncc(Br)cc3[nH]2)c1C. The highest BCUT2D eigenvalue weighted by molar-refractivity contribution is 9.10. The summed E-state index contributed by atoms with van der Waals surface area (Å²) < 4.78 is 8.21. The second-order valence-electron chi connectivity index (χ2n) is 6.54. The number of fused-ring (bicyclic) bond motifs is 1. The number of nitrogens with one attached hydrogen (secondary N) is 1. The Bertz CT molecular complexity index is 1180. The molecule has 0 aliphatic rings. The Labute approximate surface area is 169 Å². The van der Waals surface area contributed by atoms with Gasteiger partial charge in [-0.1, -0.05) is 18.2 Å². The number of imidazole rings is 1. The summed E-state index contributed by atoms with van der Waals surface area (Å²) in [5, 5.41) is 4.37. The van der Waals surface area contributed by atoms with Gasteiger partial charge in [0.25, 0.3) is 0 Å². The fourth-order valence-corrected chi connectivity index (χ4v) is 3.35. The quantitative estimate of drug-likeness (QED) is 0.475. The molecule has 28 heavy (non-hydrogen) atoms. The largest absolute Gasteiger partial charge is 0.451 e. The van der Waals surface area contributed by atoms with Gasteiger partial charge in [-0.05, 0) is 54.4 Å².